The van der Waals surface area contributed by atoms with Gasteiger partial charge in [-0.15, -0.1) is 0 Å². The highest BCUT2D eigenvalue weighted by Gasteiger charge is 2.03. The molecule has 0 bridgehead atoms. The summed E-state index contributed by atoms with van der Waals surface area (Å²) in [4.78, 5) is 15.8. The van der Waals surface area contributed by atoms with E-state index in [1.165, 1.54) is 29.1 Å². The summed E-state index contributed by atoms with van der Waals surface area (Å²) >= 11 is 0. The van der Waals surface area contributed by atoms with Gasteiger partial charge in [0.1, 0.15) is 5.82 Å². The van der Waals surface area contributed by atoms with E-state index >= 15 is 0 Å². The molecule has 1 aromatic heterocycles. The van der Waals surface area contributed by atoms with Gasteiger partial charge in [-0.25, -0.2) is 9.37 Å². The molecule has 0 aliphatic heterocycles. The van der Waals surface area contributed by atoms with Crippen molar-refractivity contribution in [3.63, 3.8) is 0 Å². The minimum absolute atomic E-state index is 0.170. The summed E-state index contributed by atoms with van der Waals surface area (Å²) in [5, 5.41) is 0. The predicted molar refractivity (Wildman–Crippen MR) is 74.7 cm³/mol. The third kappa shape index (κ3) is 3.53. The fourth-order valence-corrected chi connectivity index (χ4v) is 1.80. The van der Waals surface area contributed by atoms with E-state index in [4.69, 9.17) is 5.73 Å². The first-order valence-corrected chi connectivity index (χ1v) is 6.10. The van der Waals surface area contributed by atoms with Crippen LogP contribution in [-0.2, 0) is 6.54 Å². The fraction of sp³-hybridized carbons (Fsp3) is 0.200. The highest BCUT2D eigenvalue weighted by molar-refractivity contribution is 5.38. The zero-order valence-corrected chi connectivity index (χ0v) is 11.1. The molecule has 0 radical (unpaired) electrons. The Labute approximate surface area is 116 Å². The van der Waals surface area contributed by atoms with E-state index in [0.717, 1.165) is 0 Å². The number of halogens is 1. The van der Waals surface area contributed by atoms with Gasteiger partial charge in [-0.2, -0.15) is 0 Å². The van der Waals surface area contributed by atoms with Gasteiger partial charge in [-0.05, 0) is 30.7 Å². The Bertz CT molecular complexity index is 741. The molecule has 0 aliphatic rings. The van der Waals surface area contributed by atoms with E-state index in [9.17, 15) is 9.18 Å². The second-order valence-electron chi connectivity index (χ2n) is 4.35. The summed E-state index contributed by atoms with van der Waals surface area (Å²) in [6, 6.07) is 5.88. The standard InChI is InChI=1S/C15H14FN3O/c1-11-5-15(20)19(10-18-11)9-13-6-12(3-2-4-17)7-14(16)8-13/h5-8,10H,4,9,17H2,1H3. The molecule has 2 rings (SSSR count). The lowest BCUT2D eigenvalue weighted by Gasteiger charge is -2.06. The van der Waals surface area contributed by atoms with Gasteiger partial charge in [0.15, 0.2) is 0 Å². The van der Waals surface area contributed by atoms with Gasteiger partial charge in [0.2, 0.25) is 0 Å². The molecule has 1 aromatic carbocycles. The maximum Gasteiger partial charge on any atom is 0.253 e. The van der Waals surface area contributed by atoms with Crippen LogP contribution in [-0.4, -0.2) is 16.1 Å². The largest absolute Gasteiger partial charge is 0.320 e. The number of benzene rings is 1. The molecule has 0 aliphatic carbocycles. The molecular formula is C15H14FN3O. The van der Waals surface area contributed by atoms with Crippen LogP contribution < -0.4 is 11.3 Å². The third-order valence-corrected chi connectivity index (χ3v) is 2.66. The Morgan fingerprint density at radius 2 is 2.15 bits per heavy atom. The van der Waals surface area contributed by atoms with E-state index in [1.54, 1.807) is 13.0 Å². The average Bonchev–Trinajstić information content (AvgIpc) is 2.39. The molecule has 2 N–H and O–H groups in total. The van der Waals surface area contributed by atoms with Gasteiger partial charge >= 0.3 is 0 Å². The second-order valence-corrected chi connectivity index (χ2v) is 4.35. The lowest BCUT2D eigenvalue weighted by molar-refractivity contribution is 0.621. The van der Waals surface area contributed by atoms with E-state index in [-0.39, 0.29) is 18.6 Å². The summed E-state index contributed by atoms with van der Waals surface area (Å²) in [7, 11) is 0. The van der Waals surface area contributed by atoms with Crippen molar-refractivity contribution in [3.8, 4) is 11.8 Å². The molecular weight excluding hydrogens is 257 g/mol. The lowest BCUT2D eigenvalue weighted by Crippen LogP contribution is -2.20. The van der Waals surface area contributed by atoms with Crippen molar-refractivity contribution in [2.24, 2.45) is 5.73 Å². The molecule has 0 unspecified atom stereocenters. The van der Waals surface area contributed by atoms with Crippen molar-refractivity contribution in [3.05, 3.63) is 63.6 Å². The van der Waals surface area contributed by atoms with Gasteiger partial charge in [-0.3, -0.25) is 9.36 Å². The van der Waals surface area contributed by atoms with Crippen LogP contribution >= 0.6 is 0 Å². The molecule has 0 saturated carbocycles. The van der Waals surface area contributed by atoms with Gasteiger partial charge in [0, 0.05) is 17.3 Å². The number of hydrogen-bond acceptors (Lipinski definition) is 3. The summed E-state index contributed by atoms with van der Waals surface area (Å²) in [6.07, 6.45) is 1.45. The van der Waals surface area contributed by atoms with Gasteiger partial charge in [-0.1, -0.05) is 11.8 Å². The van der Waals surface area contributed by atoms with Crippen molar-refractivity contribution in [2.45, 2.75) is 13.5 Å². The smallest absolute Gasteiger partial charge is 0.253 e. The SMILES string of the molecule is Cc1cc(=O)n(Cc2cc(F)cc(C#CCN)c2)cn1. The quantitative estimate of drug-likeness (QED) is 0.830. The van der Waals surface area contributed by atoms with Gasteiger partial charge < -0.3 is 5.73 Å². The monoisotopic (exact) mass is 271 g/mol. The number of nitrogens with zero attached hydrogens (tertiary/aromatic N) is 2. The molecule has 0 spiro atoms. The summed E-state index contributed by atoms with van der Waals surface area (Å²) in [5.74, 6) is 5.06. The van der Waals surface area contributed by atoms with E-state index in [2.05, 4.69) is 16.8 Å². The Morgan fingerprint density at radius 1 is 1.35 bits per heavy atom. The zero-order chi connectivity index (χ0) is 14.5. The fourth-order valence-electron chi connectivity index (χ4n) is 1.80. The van der Waals surface area contributed by atoms with Crippen molar-refractivity contribution in [2.75, 3.05) is 6.54 Å². The van der Waals surface area contributed by atoms with Crippen LogP contribution in [0.5, 0.6) is 0 Å². The van der Waals surface area contributed by atoms with Crippen molar-refractivity contribution >= 4 is 0 Å². The first-order chi connectivity index (χ1) is 9.58. The zero-order valence-electron chi connectivity index (χ0n) is 11.1. The average molecular weight is 271 g/mol. The van der Waals surface area contributed by atoms with Crippen molar-refractivity contribution in [1.29, 1.82) is 0 Å². The minimum atomic E-state index is -0.392. The van der Waals surface area contributed by atoms with Crippen molar-refractivity contribution < 1.29 is 4.39 Å². The normalized spacial score (nSPS) is 9.95. The number of aryl methyl sites for hydroxylation is 1. The van der Waals surface area contributed by atoms with Crippen LogP contribution in [0.1, 0.15) is 16.8 Å². The van der Waals surface area contributed by atoms with Crippen LogP contribution in [0.25, 0.3) is 0 Å². The lowest BCUT2D eigenvalue weighted by atomic mass is 10.1. The minimum Gasteiger partial charge on any atom is -0.320 e. The van der Waals surface area contributed by atoms with Crippen LogP contribution in [0.4, 0.5) is 4.39 Å². The molecule has 20 heavy (non-hydrogen) atoms. The number of aromatic nitrogens is 2. The molecule has 0 amide bonds. The van der Waals surface area contributed by atoms with Crippen LogP contribution in [0.2, 0.25) is 0 Å². The Balaban J connectivity index is 2.33. The maximum absolute atomic E-state index is 13.5. The topological polar surface area (TPSA) is 60.9 Å². The van der Waals surface area contributed by atoms with E-state index in [0.29, 0.717) is 16.8 Å². The summed E-state index contributed by atoms with van der Waals surface area (Å²) in [6.45, 7) is 2.21. The van der Waals surface area contributed by atoms with E-state index < -0.39 is 5.82 Å². The van der Waals surface area contributed by atoms with E-state index in [1.807, 2.05) is 0 Å². The van der Waals surface area contributed by atoms with Gasteiger partial charge in [0.25, 0.3) is 5.56 Å². The summed E-state index contributed by atoms with van der Waals surface area (Å²) in [5.41, 5.74) is 6.96. The van der Waals surface area contributed by atoms with Crippen LogP contribution in [0.3, 0.4) is 0 Å². The van der Waals surface area contributed by atoms with Crippen LogP contribution in [0, 0.1) is 24.6 Å². The second kappa shape index (κ2) is 6.13. The molecule has 0 saturated heterocycles. The molecule has 0 fully saturated rings. The third-order valence-electron chi connectivity index (χ3n) is 2.66. The number of rotatable bonds is 2. The predicted octanol–water partition coefficient (Wildman–Crippen LogP) is 1.05. The highest BCUT2D eigenvalue weighted by atomic mass is 19.1. The maximum atomic E-state index is 13.5. The first-order valence-electron chi connectivity index (χ1n) is 6.10. The molecule has 0 atom stereocenters. The Hall–Kier alpha value is -2.45. The highest BCUT2D eigenvalue weighted by Crippen LogP contribution is 2.09. The number of nitrogens with two attached hydrogens (primary N) is 1. The molecule has 1 heterocycles. The Kier molecular flexibility index (Phi) is 4.28. The summed E-state index contributed by atoms with van der Waals surface area (Å²) < 4.78 is 14.9. The van der Waals surface area contributed by atoms with Crippen molar-refractivity contribution in [1.82, 2.24) is 9.55 Å². The van der Waals surface area contributed by atoms with Crippen LogP contribution in [0.15, 0.2) is 35.4 Å². The molecule has 2 aromatic rings. The Morgan fingerprint density at radius 3 is 2.85 bits per heavy atom. The molecule has 102 valence electrons. The molecule has 5 heteroatoms. The number of hydrogen-bond donors (Lipinski definition) is 1. The molecule has 4 nitrogen and oxygen atoms in total. The first kappa shape index (κ1) is 14.0. The van der Waals surface area contributed by atoms with Gasteiger partial charge in [0.05, 0.1) is 19.4 Å².